The Balaban J connectivity index is 3.20. The van der Waals surface area contributed by atoms with E-state index in [0.29, 0.717) is 5.92 Å². The third kappa shape index (κ3) is 4.29. The monoisotopic (exact) mass is 194 g/mol. The van der Waals surface area contributed by atoms with E-state index in [1.54, 1.807) is 0 Å². The van der Waals surface area contributed by atoms with Crippen LogP contribution in [0.5, 0.6) is 0 Å². The summed E-state index contributed by atoms with van der Waals surface area (Å²) in [6.07, 6.45) is 0. The van der Waals surface area contributed by atoms with Gasteiger partial charge in [-0.3, -0.25) is 0 Å². The van der Waals surface area contributed by atoms with E-state index in [0.717, 1.165) is 0 Å². The summed E-state index contributed by atoms with van der Waals surface area (Å²) in [4.78, 5) is 0. The summed E-state index contributed by atoms with van der Waals surface area (Å²) < 4.78 is 2.79. The Bertz CT molecular complexity index is 73.7. The van der Waals surface area contributed by atoms with Crippen LogP contribution >= 0.6 is 22.6 Å². The fourth-order valence-electron chi connectivity index (χ4n) is 0.109. The van der Waals surface area contributed by atoms with Crippen LogP contribution in [0.2, 0.25) is 0 Å². The van der Waals surface area contributed by atoms with Crippen LogP contribution in [0.4, 0.5) is 0 Å². The molecule has 0 N–H and O–H groups in total. The van der Waals surface area contributed by atoms with E-state index in [2.05, 4.69) is 23.7 Å². The molecule has 0 aromatic carbocycles. The molecule has 34 valence electrons. The van der Waals surface area contributed by atoms with E-state index in [-0.39, 0.29) is 0 Å². The molecule has 0 aliphatic heterocycles. The van der Waals surface area contributed by atoms with E-state index >= 15 is 0 Å². The molecule has 0 rings (SSSR count). The molecular weight excluding hydrogens is 187 g/mol. The first kappa shape index (κ1) is 6.29. The van der Waals surface area contributed by atoms with Gasteiger partial charge in [0.05, 0.1) is 0 Å². The predicted molar refractivity (Wildman–Crippen MR) is 36.6 cm³/mol. The van der Waals surface area contributed by atoms with E-state index in [4.69, 9.17) is 0 Å². The van der Waals surface area contributed by atoms with E-state index < -0.39 is 0 Å². The van der Waals surface area contributed by atoms with Crippen molar-refractivity contribution in [2.24, 2.45) is 5.92 Å². The first-order valence-corrected chi connectivity index (χ1v) is 2.96. The first-order chi connectivity index (χ1) is 2.77. The molecule has 0 heterocycles. The average molecular weight is 194 g/mol. The second-order valence-electron chi connectivity index (χ2n) is 1.39. The minimum Gasteiger partial charge on any atom is -0.0890 e. The summed E-state index contributed by atoms with van der Waals surface area (Å²) in [5, 5.41) is 0. The van der Waals surface area contributed by atoms with Crippen molar-refractivity contribution in [2.75, 3.05) is 0 Å². The molecule has 0 spiro atoms. The summed E-state index contributed by atoms with van der Waals surface area (Å²) in [5.41, 5.74) is 0. The van der Waals surface area contributed by atoms with Crippen LogP contribution < -0.4 is 0 Å². The van der Waals surface area contributed by atoms with Gasteiger partial charge in [0, 0.05) is 28.5 Å². The lowest BCUT2D eigenvalue weighted by atomic mass is 10.2. The Hall–Kier alpha value is 0.290. The van der Waals surface area contributed by atoms with Crippen molar-refractivity contribution in [3.63, 3.8) is 0 Å². The summed E-state index contributed by atoms with van der Waals surface area (Å²) in [5.74, 6) is 3.47. The standard InChI is InChI=1S/C5H7I/c1-5(2)3-4-6/h5H,1-2H3. The highest BCUT2D eigenvalue weighted by molar-refractivity contribution is 14.1. The third-order valence-electron chi connectivity index (χ3n) is 0.343. The largest absolute Gasteiger partial charge is 0.0890 e. The van der Waals surface area contributed by atoms with Crippen LogP contribution in [0, 0.1) is 15.8 Å². The Labute approximate surface area is 52.5 Å². The molecule has 0 radical (unpaired) electrons. The highest BCUT2D eigenvalue weighted by atomic mass is 127. The second-order valence-corrected chi connectivity index (χ2v) is 1.93. The Morgan fingerprint density at radius 3 is 2.00 bits per heavy atom. The highest BCUT2D eigenvalue weighted by Gasteiger charge is 1.76. The molecule has 0 aliphatic carbocycles. The summed E-state index contributed by atoms with van der Waals surface area (Å²) >= 11 is 2.04. The minimum absolute atomic E-state index is 0.530. The topological polar surface area (TPSA) is 0 Å². The lowest BCUT2D eigenvalue weighted by Gasteiger charge is -1.81. The Morgan fingerprint density at radius 2 is 2.00 bits per heavy atom. The minimum atomic E-state index is 0.530. The van der Waals surface area contributed by atoms with Crippen molar-refractivity contribution in [1.82, 2.24) is 0 Å². The van der Waals surface area contributed by atoms with Crippen LogP contribution in [-0.4, -0.2) is 0 Å². The van der Waals surface area contributed by atoms with Crippen molar-refractivity contribution >= 4 is 22.6 Å². The van der Waals surface area contributed by atoms with Crippen LogP contribution in [-0.2, 0) is 0 Å². The van der Waals surface area contributed by atoms with Crippen molar-refractivity contribution in [3.05, 3.63) is 0 Å². The van der Waals surface area contributed by atoms with E-state index in [9.17, 15) is 0 Å². The molecule has 6 heavy (non-hydrogen) atoms. The van der Waals surface area contributed by atoms with Gasteiger partial charge in [0.15, 0.2) is 0 Å². The zero-order valence-corrected chi connectivity index (χ0v) is 6.11. The van der Waals surface area contributed by atoms with Gasteiger partial charge in [0.2, 0.25) is 0 Å². The maximum Gasteiger partial charge on any atom is 0.0181 e. The predicted octanol–water partition coefficient (Wildman–Crippen LogP) is 2.04. The molecule has 0 aromatic rings. The van der Waals surface area contributed by atoms with Gasteiger partial charge >= 0.3 is 0 Å². The molecule has 0 saturated heterocycles. The van der Waals surface area contributed by atoms with Crippen molar-refractivity contribution in [2.45, 2.75) is 13.8 Å². The van der Waals surface area contributed by atoms with Crippen LogP contribution in [0.25, 0.3) is 0 Å². The molecule has 0 saturated carbocycles. The number of rotatable bonds is 0. The molecule has 0 unspecified atom stereocenters. The van der Waals surface area contributed by atoms with Gasteiger partial charge in [0.1, 0.15) is 0 Å². The summed E-state index contributed by atoms with van der Waals surface area (Å²) in [6.45, 7) is 4.15. The van der Waals surface area contributed by atoms with Gasteiger partial charge in [-0.05, 0) is 3.93 Å². The fraction of sp³-hybridized carbons (Fsp3) is 0.600. The Morgan fingerprint density at radius 1 is 1.50 bits per heavy atom. The number of halogens is 1. The number of hydrogen-bond donors (Lipinski definition) is 0. The lowest BCUT2D eigenvalue weighted by molar-refractivity contribution is 0.868. The van der Waals surface area contributed by atoms with E-state index in [1.807, 2.05) is 22.6 Å². The van der Waals surface area contributed by atoms with Crippen molar-refractivity contribution in [1.29, 1.82) is 0 Å². The third-order valence-corrected chi connectivity index (χ3v) is 0.655. The summed E-state index contributed by atoms with van der Waals surface area (Å²) in [7, 11) is 0. The van der Waals surface area contributed by atoms with E-state index in [1.165, 1.54) is 0 Å². The molecular formula is C5H7I. The zero-order valence-electron chi connectivity index (χ0n) is 3.96. The molecule has 0 atom stereocenters. The molecule has 0 aromatic heterocycles. The molecule has 1 heteroatoms. The SMILES string of the molecule is CC(C)C#CI. The summed E-state index contributed by atoms with van der Waals surface area (Å²) in [6, 6.07) is 0. The normalized spacial score (nSPS) is 7.33. The van der Waals surface area contributed by atoms with Crippen LogP contribution in [0.1, 0.15) is 13.8 Å². The van der Waals surface area contributed by atoms with Gasteiger partial charge in [-0.2, -0.15) is 0 Å². The van der Waals surface area contributed by atoms with Gasteiger partial charge in [-0.1, -0.05) is 19.8 Å². The zero-order chi connectivity index (χ0) is 4.99. The average Bonchev–Trinajstić information content (AvgIpc) is 1.35. The maximum absolute atomic E-state index is 2.94. The van der Waals surface area contributed by atoms with Crippen LogP contribution in [0.3, 0.4) is 0 Å². The molecule has 0 bridgehead atoms. The molecule has 0 nitrogen and oxygen atoms in total. The van der Waals surface area contributed by atoms with Gasteiger partial charge < -0.3 is 0 Å². The highest BCUT2D eigenvalue weighted by Crippen LogP contribution is 1.86. The molecule has 0 aliphatic rings. The first-order valence-electron chi connectivity index (χ1n) is 1.88. The lowest BCUT2D eigenvalue weighted by Crippen LogP contribution is -1.73. The van der Waals surface area contributed by atoms with Crippen molar-refractivity contribution < 1.29 is 0 Å². The fourth-order valence-corrected chi connectivity index (χ4v) is 0.732. The quantitative estimate of drug-likeness (QED) is 0.408. The van der Waals surface area contributed by atoms with Gasteiger partial charge in [-0.15, -0.1) is 0 Å². The van der Waals surface area contributed by atoms with Gasteiger partial charge in [-0.25, -0.2) is 0 Å². The number of hydrogen-bond acceptors (Lipinski definition) is 0. The Kier molecular flexibility index (Phi) is 3.65. The van der Waals surface area contributed by atoms with Crippen LogP contribution in [0.15, 0.2) is 0 Å². The smallest absolute Gasteiger partial charge is 0.0181 e. The maximum atomic E-state index is 2.94. The second kappa shape index (κ2) is 3.48. The van der Waals surface area contributed by atoms with Crippen molar-refractivity contribution in [3.8, 4) is 9.85 Å². The molecule has 0 amide bonds. The van der Waals surface area contributed by atoms with Gasteiger partial charge in [0.25, 0.3) is 0 Å². The molecule has 0 fully saturated rings.